The molecule has 0 amide bonds. The van der Waals surface area contributed by atoms with Crippen molar-refractivity contribution in [1.29, 1.82) is 0 Å². The highest BCUT2D eigenvalue weighted by molar-refractivity contribution is 6.42. The molecule has 0 N–H and O–H groups in total. The van der Waals surface area contributed by atoms with Crippen molar-refractivity contribution in [2.24, 2.45) is 0 Å². The minimum absolute atomic E-state index is 0.0149. The fraction of sp³-hybridized carbons (Fsp3) is 0.188. The molecule has 0 aliphatic carbocycles. The van der Waals surface area contributed by atoms with Crippen molar-refractivity contribution in [3.8, 4) is 0 Å². The molecule has 6 nitrogen and oxygen atoms in total. The van der Waals surface area contributed by atoms with E-state index in [1.165, 1.54) is 18.2 Å². The first-order chi connectivity index (χ1) is 11.3. The van der Waals surface area contributed by atoms with Gasteiger partial charge in [0.05, 0.1) is 20.5 Å². The van der Waals surface area contributed by atoms with Crippen molar-refractivity contribution < 1.29 is 14.5 Å². The Morgan fingerprint density at radius 1 is 1.17 bits per heavy atom. The second kappa shape index (κ2) is 7.51. The number of anilines is 1. The highest BCUT2D eigenvalue weighted by Gasteiger charge is 2.19. The predicted octanol–water partition coefficient (Wildman–Crippen LogP) is 4.32. The molecular formula is C16H14Cl2N2O4. The van der Waals surface area contributed by atoms with Gasteiger partial charge in [-0.2, -0.15) is 0 Å². The van der Waals surface area contributed by atoms with Crippen molar-refractivity contribution >= 4 is 40.5 Å². The zero-order valence-electron chi connectivity index (χ0n) is 13.0. The largest absolute Gasteiger partial charge is 0.457 e. The van der Waals surface area contributed by atoms with Crippen LogP contribution in [0.15, 0.2) is 36.4 Å². The summed E-state index contributed by atoms with van der Waals surface area (Å²) in [6.45, 7) is -0.0149. The molecule has 8 heteroatoms. The molecule has 0 fully saturated rings. The summed E-state index contributed by atoms with van der Waals surface area (Å²) in [6.07, 6.45) is 0. The van der Waals surface area contributed by atoms with Crippen LogP contribution in [-0.2, 0) is 11.3 Å². The van der Waals surface area contributed by atoms with Crippen LogP contribution in [0.25, 0.3) is 0 Å². The number of nitro benzene ring substituents is 1. The second-order valence-electron chi connectivity index (χ2n) is 5.18. The van der Waals surface area contributed by atoms with Crippen LogP contribution < -0.4 is 4.90 Å². The molecule has 0 heterocycles. The lowest BCUT2D eigenvalue weighted by Crippen LogP contribution is -2.12. The van der Waals surface area contributed by atoms with Crippen LogP contribution in [0.5, 0.6) is 0 Å². The third-order valence-electron chi connectivity index (χ3n) is 3.24. The zero-order valence-corrected chi connectivity index (χ0v) is 14.5. The Morgan fingerprint density at radius 2 is 1.88 bits per heavy atom. The van der Waals surface area contributed by atoms with Crippen LogP contribution in [0.1, 0.15) is 15.9 Å². The van der Waals surface area contributed by atoms with E-state index >= 15 is 0 Å². The van der Waals surface area contributed by atoms with Crippen molar-refractivity contribution in [3.05, 3.63) is 67.7 Å². The van der Waals surface area contributed by atoms with E-state index in [1.807, 2.05) is 0 Å². The van der Waals surface area contributed by atoms with E-state index in [2.05, 4.69) is 0 Å². The molecule has 0 radical (unpaired) electrons. The third-order valence-corrected chi connectivity index (χ3v) is 3.98. The molecule has 0 bridgehead atoms. The van der Waals surface area contributed by atoms with E-state index in [-0.39, 0.29) is 17.9 Å². The average Bonchev–Trinajstić information content (AvgIpc) is 2.54. The first-order valence-corrected chi connectivity index (χ1v) is 7.62. The molecule has 0 aliphatic heterocycles. The maximum Gasteiger partial charge on any atom is 0.338 e. The summed E-state index contributed by atoms with van der Waals surface area (Å²) in [5.74, 6) is -0.658. The lowest BCUT2D eigenvalue weighted by molar-refractivity contribution is -0.384. The Kier molecular flexibility index (Phi) is 5.64. The number of benzene rings is 2. The number of ether oxygens (including phenoxy) is 1. The van der Waals surface area contributed by atoms with E-state index in [0.29, 0.717) is 21.3 Å². The Labute approximate surface area is 148 Å². The highest BCUT2D eigenvalue weighted by Crippen LogP contribution is 2.28. The molecule has 0 spiro atoms. The maximum absolute atomic E-state index is 12.1. The van der Waals surface area contributed by atoms with Gasteiger partial charge in [0, 0.05) is 20.2 Å². The van der Waals surface area contributed by atoms with Gasteiger partial charge in [-0.1, -0.05) is 29.3 Å². The molecule has 0 saturated heterocycles. The van der Waals surface area contributed by atoms with Crippen molar-refractivity contribution in [3.63, 3.8) is 0 Å². The van der Waals surface area contributed by atoms with E-state index in [4.69, 9.17) is 27.9 Å². The van der Waals surface area contributed by atoms with Crippen LogP contribution in [0, 0.1) is 10.1 Å². The first-order valence-electron chi connectivity index (χ1n) is 6.86. The van der Waals surface area contributed by atoms with E-state index in [9.17, 15) is 14.9 Å². The summed E-state index contributed by atoms with van der Waals surface area (Å²) >= 11 is 11.7. The van der Waals surface area contributed by atoms with Crippen LogP contribution in [0.2, 0.25) is 10.0 Å². The van der Waals surface area contributed by atoms with Gasteiger partial charge < -0.3 is 9.64 Å². The van der Waals surface area contributed by atoms with Gasteiger partial charge >= 0.3 is 5.97 Å². The molecule has 0 aliphatic rings. The van der Waals surface area contributed by atoms with Crippen molar-refractivity contribution in [2.45, 2.75) is 6.61 Å². The van der Waals surface area contributed by atoms with Crippen LogP contribution in [0.3, 0.4) is 0 Å². The first kappa shape index (κ1) is 18.0. The Balaban J connectivity index is 2.16. The smallest absolute Gasteiger partial charge is 0.338 e. The number of esters is 1. The van der Waals surface area contributed by atoms with E-state index in [0.717, 1.165) is 0 Å². The molecular weight excluding hydrogens is 355 g/mol. The number of hydrogen-bond donors (Lipinski definition) is 0. The fourth-order valence-electron chi connectivity index (χ4n) is 2.04. The van der Waals surface area contributed by atoms with Crippen LogP contribution in [-0.4, -0.2) is 25.0 Å². The average molecular weight is 369 g/mol. The minimum Gasteiger partial charge on any atom is -0.457 e. The lowest BCUT2D eigenvalue weighted by Gasteiger charge is -2.13. The maximum atomic E-state index is 12.1. The number of nitro groups is 1. The van der Waals surface area contributed by atoms with Gasteiger partial charge in [0.2, 0.25) is 0 Å². The van der Waals surface area contributed by atoms with Crippen LogP contribution in [0.4, 0.5) is 11.4 Å². The monoisotopic (exact) mass is 368 g/mol. The number of nitrogens with zero attached hydrogens (tertiary/aromatic N) is 2. The lowest BCUT2D eigenvalue weighted by atomic mass is 10.1. The summed E-state index contributed by atoms with van der Waals surface area (Å²) < 4.78 is 5.17. The SMILES string of the molecule is CN(C)c1ccc(C(=O)OCc2ccc(Cl)c(Cl)c2)cc1[N+](=O)[O-]. The molecule has 2 aromatic rings. The van der Waals surface area contributed by atoms with Crippen molar-refractivity contribution in [1.82, 2.24) is 0 Å². The number of carbonyl (C=O) groups excluding carboxylic acids is 1. The van der Waals surface area contributed by atoms with Gasteiger partial charge in [0.15, 0.2) is 0 Å². The minimum atomic E-state index is -0.658. The van der Waals surface area contributed by atoms with E-state index < -0.39 is 10.9 Å². The van der Waals surface area contributed by atoms with Gasteiger partial charge in [-0.15, -0.1) is 0 Å². The Bertz CT molecular complexity index is 794. The topological polar surface area (TPSA) is 72.7 Å². The number of halogens is 2. The van der Waals surface area contributed by atoms with Crippen molar-refractivity contribution in [2.75, 3.05) is 19.0 Å². The predicted molar refractivity (Wildman–Crippen MR) is 93.0 cm³/mol. The normalized spacial score (nSPS) is 10.3. The second-order valence-corrected chi connectivity index (χ2v) is 5.99. The third kappa shape index (κ3) is 4.15. The van der Waals surface area contributed by atoms with E-state index in [1.54, 1.807) is 37.2 Å². The number of carbonyl (C=O) groups is 1. The zero-order chi connectivity index (χ0) is 17.9. The highest BCUT2D eigenvalue weighted by atomic mass is 35.5. The van der Waals surface area contributed by atoms with Gasteiger partial charge in [0.25, 0.3) is 5.69 Å². The van der Waals surface area contributed by atoms with Gasteiger partial charge in [-0.25, -0.2) is 4.79 Å². The van der Waals surface area contributed by atoms with Crippen LogP contribution >= 0.6 is 23.2 Å². The Morgan fingerprint density at radius 3 is 2.46 bits per heavy atom. The summed E-state index contributed by atoms with van der Waals surface area (Å²) in [6, 6.07) is 9.07. The quantitative estimate of drug-likeness (QED) is 0.446. The van der Waals surface area contributed by atoms with Gasteiger partial charge in [-0.3, -0.25) is 10.1 Å². The molecule has 0 unspecified atom stereocenters. The summed E-state index contributed by atoms with van der Waals surface area (Å²) in [4.78, 5) is 24.3. The molecule has 0 aromatic heterocycles. The number of rotatable bonds is 5. The van der Waals surface area contributed by atoms with Gasteiger partial charge in [-0.05, 0) is 29.8 Å². The van der Waals surface area contributed by atoms with Gasteiger partial charge in [0.1, 0.15) is 12.3 Å². The molecule has 0 saturated carbocycles. The summed E-state index contributed by atoms with van der Waals surface area (Å²) in [5, 5.41) is 11.9. The summed E-state index contributed by atoms with van der Waals surface area (Å²) in [5.41, 5.74) is 1.01. The molecule has 0 atom stereocenters. The molecule has 126 valence electrons. The fourth-order valence-corrected chi connectivity index (χ4v) is 2.36. The molecule has 24 heavy (non-hydrogen) atoms. The Hall–Kier alpha value is -2.31. The number of hydrogen-bond acceptors (Lipinski definition) is 5. The molecule has 2 aromatic carbocycles. The molecule has 2 rings (SSSR count). The standard InChI is InChI=1S/C16H14Cl2N2O4/c1-19(2)14-6-4-11(8-15(14)20(22)23)16(21)24-9-10-3-5-12(17)13(18)7-10/h3-8H,9H2,1-2H3. The summed E-state index contributed by atoms with van der Waals surface area (Å²) in [7, 11) is 3.37.